The van der Waals surface area contributed by atoms with Crippen LogP contribution in [-0.2, 0) is 0 Å². The molecule has 1 aromatic carbocycles. The number of benzene rings is 1. The Morgan fingerprint density at radius 2 is 2.10 bits per heavy atom. The van der Waals surface area contributed by atoms with Gasteiger partial charge in [-0.15, -0.1) is 0 Å². The van der Waals surface area contributed by atoms with E-state index in [1.54, 1.807) is 6.07 Å². The number of hydrogen-bond acceptors (Lipinski definition) is 3. The Bertz CT molecular complexity index is 642. The van der Waals surface area contributed by atoms with Crippen molar-refractivity contribution in [3.63, 3.8) is 0 Å². The van der Waals surface area contributed by atoms with Gasteiger partial charge in [0, 0.05) is 11.4 Å². The smallest absolute Gasteiger partial charge is 0.270 e. The van der Waals surface area contributed by atoms with Gasteiger partial charge < -0.3 is 10.2 Å². The summed E-state index contributed by atoms with van der Waals surface area (Å²) in [5, 5.41) is 5.09. The Hall–Kier alpha value is -1.65. The fraction of sp³-hybridized carbons (Fsp3) is 0.375. The van der Waals surface area contributed by atoms with Crippen molar-refractivity contribution in [3.8, 4) is 0 Å². The SMILES string of the molecule is CC(CCN(C)C)NC(=O)c1cc2ccccc2c(Cl)n1. The summed E-state index contributed by atoms with van der Waals surface area (Å²) >= 11 is 6.15. The number of nitrogens with zero attached hydrogens (tertiary/aromatic N) is 2. The quantitative estimate of drug-likeness (QED) is 0.864. The molecular weight excluding hydrogens is 286 g/mol. The van der Waals surface area contributed by atoms with E-state index in [9.17, 15) is 4.79 Å². The third kappa shape index (κ3) is 4.16. The Kier molecular flexibility index (Phi) is 5.15. The Morgan fingerprint density at radius 3 is 2.81 bits per heavy atom. The number of amides is 1. The van der Waals surface area contributed by atoms with E-state index in [0.717, 1.165) is 23.7 Å². The maximum atomic E-state index is 12.2. The van der Waals surface area contributed by atoms with Crippen molar-refractivity contribution >= 4 is 28.3 Å². The second-order valence-electron chi connectivity index (χ2n) is 5.49. The molecule has 0 bridgehead atoms. The molecule has 1 amide bonds. The highest BCUT2D eigenvalue weighted by Crippen LogP contribution is 2.22. The maximum Gasteiger partial charge on any atom is 0.270 e. The van der Waals surface area contributed by atoms with Crippen molar-refractivity contribution in [2.75, 3.05) is 20.6 Å². The summed E-state index contributed by atoms with van der Waals surface area (Å²) in [5.41, 5.74) is 0.357. The molecule has 1 aromatic heterocycles. The molecular formula is C16H20ClN3O. The largest absolute Gasteiger partial charge is 0.348 e. The summed E-state index contributed by atoms with van der Waals surface area (Å²) in [7, 11) is 4.03. The van der Waals surface area contributed by atoms with Gasteiger partial charge in [-0.1, -0.05) is 35.9 Å². The second kappa shape index (κ2) is 6.87. The number of nitrogens with one attached hydrogen (secondary N) is 1. The summed E-state index contributed by atoms with van der Waals surface area (Å²) in [4.78, 5) is 18.5. The molecule has 0 saturated carbocycles. The fourth-order valence-corrected chi connectivity index (χ4v) is 2.36. The standard InChI is InChI=1S/C16H20ClN3O/c1-11(8-9-20(2)3)18-16(21)14-10-12-6-4-5-7-13(12)15(17)19-14/h4-7,10-11H,8-9H2,1-3H3,(H,18,21). The van der Waals surface area contributed by atoms with E-state index >= 15 is 0 Å². The molecule has 5 heteroatoms. The lowest BCUT2D eigenvalue weighted by Crippen LogP contribution is -2.35. The molecule has 0 radical (unpaired) electrons. The number of fused-ring (bicyclic) bond motifs is 1. The van der Waals surface area contributed by atoms with Gasteiger partial charge >= 0.3 is 0 Å². The van der Waals surface area contributed by atoms with Crippen LogP contribution in [0.15, 0.2) is 30.3 Å². The van der Waals surface area contributed by atoms with Gasteiger partial charge in [0.05, 0.1) is 0 Å². The first kappa shape index (κ1) is 15.7. The summed E-state index contributed by atoms with van der Waals surface area (Å²) in [6.07, 6.45) is 0.889. The molecule has 0 spiro atoms. The summed E-state index contributed by atoms with van der Waals surface area (Å²) in [6, 6.07) is 9.50. The van der Waals surface area contributed by atoms with Crippen LogP contribution in [-0.4, -0.2) is 42.5 Å². The maximum absolute atomic E-state index is 12.2. The van der Waals surface area contributed by atoms with Crippen LogP contribution in [0.25, 0.3) is 10.8 Å². The highest BCUT2D eigenvalue weighted by molar-refractivity contribution is 6.34. The average Bonchev–Trinajstić information content (AvgIpc) is 2.45. The zero-order chi connectivity index (χ0) is 15.4. The first-order valence-electron chi connectivity index (χ1n) is 6.98. The molecule has 1 heterocycles. The Morgan fingerprint density at radius 1 is 1.38 bits per heavy atom. The molecule has 1 atom stereocenters. The van der Waals surface area contributed by atoms with Gasteiger partial charge in [-0.2, -0.15) is 0 Å². The van der Waals surface area contributed by atoms with Crippen LogP contribution in [0.1, 0.15) is 23.8 Å². The number of hydrogen-bond donors (Lipinski definition) is 1. The summed E-state index contributed by atoms with van der Waals surface area (Å²) in [6.45, 7) is 2.91. The molecule has 1 unspecified atom stereocenters. The topological polar surface area (TPSA) is 45.2 Å². The van der Waals surface area contributed by atoms with Crippen LogP contribution < -0.4 is 5.32 Å². The molecule has 1 N–H and O–H groups in total. The van der Waals surface area contributed by atoms with E-state index in [0.29, 0.717) is 10.8 Å². The molecule has 112 valence electrons. The monoisotopic (exact) mass is 305 g/mol. The van der Waals surface area contributed by atoms with Crippen molar-refractivity contribution < 1.29 is 4.79 Å². The van der Waals surface area contributed by atoms with Crippen molar-refractivity contribution in [3.05, 3.63) is 41.2 Å². The van der Waals surface area contributed by atoms with Gasteiger partial charge in [0.25, 0.3) is 5.91 Å². The molecule has 0 aliphatic rings. The molecule has 0 saturated heterocycles. The van der Waals surface area contributed by atoms with Crippen LogP contribution in [0.5, 0.6) is 0 Å². The number of carbonyl (C=O) groups excluding carboxylic acids is 1. The zero-order valence-electron chi connectivity index (χ0n) is 12.6. The minimum atomic E-state index is -0.186. The van der Waals surface area contributed by atoms with Crippen LogP contribution >= 0.6 is 11.6 Å². The minimum absolute atomic E-state index is 0.0898. The van der Waals surface area contributed by atoms with E-state index in [1.807, 2.05) is 45.3 Å². The highest BCUT2D eigenvalue weighted by Gasteiger charge is 2.13. The number of pyridine rings is 1. The van der Waals surface area contributed by atoms with E-state index in [2.05, 4.69) is 15.2 Å². The highest BCUT2D eigenvalue weighted by atomic mass is 35.5. The average molecular weight is 306 g/mol. The summed E-state index contributed by atoms with van der Waals surface area (Å²) in [5.74, 6) is -0.186. The van der Waals surface area contributed by atoms with E-state index < -0.39 is 0 Å². The van der Waals surface area contributed by atoms with Gasteiger partial charge in [-0.05, 0) is 45.4 Å². The normalized spacial score (nSPS) is 12.6. The van der Waals surface area contributed by atoms with E-state index in [4.69, 9.17) is 11.6 Å². The third-order valence-electron chi connectivity index (χ3n) is 3.31. The lowest BCUT2D eigenvalue weighted by molar-refractivity contribution is 0.0932. The van der Waals surface area contributed by atoms with Gasteiger partial charge in [0.1, 0.15) is 10.8 Å². The van der Waals surface area contributed by atoms with Crippen molar-refractivity contribution in [2.24, 2.45) is 0 Å². The molecule has 2 rings (SSSR count). The molecule has 21 heavy (non-hydrogen) atoms. The predicted octanol–water partition coefficient (Wildman–Crippen LogP) is 2.96. The van der Waals surface area contributed by atoms with Crippen LogP contribution in [0, 0.1) is 0 Å². The third-order valence-corrected chi connectivity index (χ3v) is 3.60. The number of aromatic nitrogens is 1. The Balaban J connectivity index is 2.12. The van der Waals surface area contributed by atoms with E-state index in [-0.39, 0.29) is 11.9 Å². The van der Waals surface area contributed by atoms with Crippen LogP contribution in [0.4, 0.5) is 0 Å². The van der Waals surface area contributed by atoms with Crippen molar-refractivity contribution in [1.82, 2.24) is 15.2 Å². The molecule has 0 fully saturated rings. The minimum Gasteiger partial charge on any atom is -0.348 e. The zero-order valence-corrected chi connectivity index (χ0v) is 13.3. The predicted molar refractivity (Wildman–Crippen MR) is 86.9 cm³/mol. The van der Waals surface area contributed by atoms with Crippen LogP contribution in [0.2, 0.25) is 5.15 Å². The lowest BCUT2D eigenvalue weighted by atomic mass is 10.1. The number of carbonyl (C=O) groups is 1. The Labute approximate surface area is 130 Å². The molecule has 2 aromatic rings. The van der Waals surface area contributed by atoms with Gasteiger partial charge in [-0.25, -0.2) is 4.98 Å². The first-order chi connectivity index (χ1) is 9.97. The van der Waals surface area contributed by atoms with Gasteiger partial charge in [-0.3, -0.25) is 4.79 Å². The second-order valence-corrected chi connectivity index (χ2v) is 5.84. The van der Waals surface area contributed by atoms with Crippen molar-refractivity contribution in [2.45, 2.75) is 19.4 Å². The lowest BCUT2D eigenvalue weighted by Gasteiger charge is -2.16. The first-order valence-corrected chi connectivity index (χ1v) is 7.36. The summed E-state index contributed by atoms with van der Waals surface area (Å²) < 4.78 is 0. The van der Waals surface area contributed by atoms with Crippen molar-refractivity contribution in [1.29, 1.82) is 0 Å². The van der Waals surface area contributed by atoms with Gasteiger partial charge in [0.2, 0.25) is 0 Å². The van der Waals surface area contributed by atoms with E-state index in [1.165, 1.54) is 0 Å². The fourth-order valence-electron chi connectivity index (χ4n) is 2.09. The molecule has 0 aliphatic carbocycles. The van der Waals surface area contributed by atoms with Gasteiger partial charge in [0.15, 0.2) is 0 Å². The van der Waals surface area contributed by atoms with Crippen LogP contribution in [0.3, 0.4) is 0 Å². The molecule has 0 aliphatic heterocycles. The number of halogens is 1. The number of rotatable bonds is 5. The molecule has 4 nitrogen and oxygen atoms in total.